The molecule has 0 amide bonds. The Labute approximate surface area is 135 Å². The standard InChI is InChI=1S/C19H27N3/c1-8-21-22(9-2)13-15-10-16(18(3,4)5)12-17(11-15)19(6,7)14-20/h8-12H,2,13H2,1,3-7H3/b21-8-. The smallest absolute Gasteiger partial charge is 0.0766 e. The van der Waals surface area contributed by atoms with E-state index < -0.39 is 5.41 Å². The lowest BCUT2D eigenvalue weighted by atomic mass is 9.79. The summed E-state index contributed by atoms with van der Waals surface area (Å²) in [7, 11) is 0. The SMILES string of the molecule is C=CN(Cc1cc(C(C)(C)C)cc(C(C)(C)C#N)c1)/N=C\C. The topological polar surface area (TPSA) is 39.4 Å². The summed E-state index contributed by atoms with van der Waals surface area (Å²) in [5, 5.41) is 15.5. The predicted molar refractivity (Wildman–Crippen MR) is 93.7 cm³/mol. The summed E-state index contributed by atoms with van der Waals surface area (Å²) in [5.74, 6) is 0. The van der Waals surface area contributed by atoms with Gasteiger partial charge in [-0.25, -0.2) is 0 Å². The van der Waals surface area contributed by atoms with Crippen molar-refractivity contribution in [2.75, 3.05) is 0 Å². The van der Waals surface area contributed by atoms with Crippen LogP contribution in [0.15, 0.2) is 36.1 Å². The molecule has 0 saturated heterocycles. The summed E-state index contributed by atoms with van der Waals surface area (Å²) >= 11 is 0. The molecule has 0 N–H and O–H groups in total. The molecule has 0 aliphatic heterocycles. The molecular weight excluding hydrogens is 270 g/mol. The molecule has 118 valence electrons. The lowest BCUT2D eigenvalue weighted by molar-refractivity contribution is 0.394. The first kappa shape index (κ1) is 18.0. The quantitative estimate of drug-likeness (QED) is 0.582. The van der Waals surface area contributed by atoms with E-state index in [9.17, 15) is 5.26 Å². The zero-order valence-electron chi connectivity index (χ0n) is 14.6. The van der Waals surface area contributed by atoms with Crippen molar-refractivity contribution in [1.82, 2.24) is 5.01 Å². The summed E-state index contributed by atoms with van der Waals surface area (Å²) in [4.78, 5) is 0. The van der Waals surface area contributed by atoms with E-state index in [1.165, 1.54) is 5.56 Å². The number of benzene rings is 1. The van der Waals surface area contributed by atoms with Crippen LogP contribution in [-0.2, 0) is 17.4 Å². The molecule has 3 nitrogen and oxygen atoms in total. The zero-order valence-corrected chi connectivity index (χ0v) is 14.6. The number of rotatable bonds is 5. The van der Waals surface area contributed by atoms with Crippen molar-refractivity contribution in [2.45, 2.75) is 58.9 Å². The van der Waals surface area contributed by atoms with Crippen molar-refractivity contribution in [1.29, 1.82) is 5.26 Å². The molecule has 22 heavy (non-hydrogen) atoms. The monoisotopic (exact) mass is 297 g/mol. The van der Waals surface area contributed by atoms with Gasteiger partial charge in [-0.3, -0.25) is 5.01 Å². The molecule has 1 aromatic carbocycles. The molecule has 0 fully saturated rings. The van der Waals surface area contributed by atoms with Crippen molar-refractivity contribution in [2.24, 2.45) is 5.10 Å². The normalized spacial score (nSPS) is 12.2. The fourth-order valence-electron chi connectivity index (χ4n) is 2.13. The Morgan fingerprint density at radius 2 is 1.77 bits per heavy atom. The second-order valence-electron chi connectivity index (χ2n) is 7.06. The second kappa shape index (κ2) is 6.79. The van der Waals surface area contributed by atoms with Gasteiger partial charge in [-0.1, -0.05) is 45.5 Å². The van der Waals surface area contributed by atoms with E-state index in [0.29, 0.717) is 6.54 Å². The van der Waals surface area contributed by atoms with Gasteiger partial charge in [-0.15, -0.1) is 0 Å². The summed E-state index contributed by atoms with van der Waals surface area (Å²) in [6, 6.07) is 8.83. The third-order valence-electron chi connectivity index (χ3n) is 3.68. The van der Waals surface area contributed by atoms with Gasteiger partial charge in [0.05, 0.1) is 18.0 Å². The van der Waals surface area contributed by atoms with Crippen LogP contribution in [0.4, 0.5) is 0 Å². The number of nitriles is 1. The Morgan fingerprint density at radius 3 is 2.23 bits per heavy atom. The molecule has 0 spiro atoms. The molecule has 0 unspecified atom stereocenters. The average Bonchev–Trinajstić information content (AvgIpc) is 2.45. The molecule has 0 aromatic heterocycles. The van der Waals surface area contributed by atoms with Crippen LogP contribution in [0.3, 0.4) is 0 Å². The average molecular weight is 297 g/mol. The molecular formula is C19H27N3. The first-order valence-corrected chi connectivity index (χ1v) is 7.58. The first-order valence-electron chi connectivity index (χ1n) is 7.58. The maximum absolute atomic E-state index is 9.44. The molecule has 0 radical (unpaired) electrons. The summed E-state index contributed by atoms with van der Waals surface area (Å²) in [5.41, 5.74) is 2.93. The molecule has 0 saturated carbocycles. The van der Waals surface area contributed by atoms with Crippen LogP contribution in [0.1, 0.15) is 58.2 Å². The Balaban J connectivity index is 3.37. The fraction of sp³-hybridized carbons (Fsp3) is 0.474. The minimum Gasteiger partial charge on any atom is -0.269 e. The van der Waals surface area contributed by atoms with E-state index >= 15 is 0 Å². The van der Waals surface area contributed by atoms with Crippen molar-refractivity contribution in [3.63, 3.8) is 0 Å². The molecule has 3 heteroatoms. The Hall–Kier alpha value is -2.08. The van der Waals surface area contributed by atoms with Gasteiger partial charge in [0.2, 0.25) is 0 Å². The Morgan fingerprint density at radius 1 is 1.18 bits per heavy atom. The van der Waals surface area contributed by atoms with Gasteiger partial charge in [0.25, 0.3) is 0 Å². The highest BCUT2D eigenvalue weighted by Crippen LogP contribution is 2.30. The lowest BCUT2D eigenvalue weighted by Crippen LogP contribution is -2.19. The zero-order chi connectivity index (χ0) is 17.0. The van der Waals surface area contributed by atoms with Crippen LogP contribution in [0.2, 0.25) is 0 Å². The van der Waals surface area contributed by atoms with Crippen LogP contribution in [0, 0.1) is 11.3 Å². The lowest BCUT2D eigenvalue weighted by Gasteiger charge is -2.25. The minimum absolute atomic E-state index is 0.0311. The van der Waals surface area contributed by atoms with Gasteiger partial charge in [-0.05, 0) is 42.9 Å². The third kappa shape index (κ3) is 4.46. The molecule has 0 heterocycles. The molecule has 1 rings (SSSR count). The Bertz CT molecular complexity index is 598. The summed E-state index contributed by atoms with van der Waals surface area (Å²) in [6.45, 7) is 16.8. The molecule has 0 aliphatic rings. The van der Waals surface area contributed by atoms with E-state index in [1.54, 1.807) is 17.4 Å². The Kier molecular flexibility index (Phi) is 5.54. The van der Waals surface area contributed by atoms with Crippen molar-refractivity contribution in [3.8, 4) is 6.07 Å². The first-order chi connectivity index (χ1) is 10.1. The number of nitrogens with zero attached hydrogens (tertiary/aromatic N) is 3. The maximum Gasteiger partial charge on any atom is 0.0766 e. The molecule has 1 aromatic rings. The van der Waals surface area contributed by atoms with Gasteiger partial charge < -0.3 is 0 Å². The summed E-state index contributed by atoms with van der Waals surface area (Å²) in [6.07, 6.45) is 3.45. The van der Waals surface area contributed by atoms with Crippen LogP contribution >= 0.6 is 0 Å². The summed E-state index contributed by atoms with van der Waals surface area (Å²) < 4.78 is 0. The van der Waals surface area contributed by atoms with Crippen molar-refractivity contribution in [3.05, 3.63) is 47.7 Å². The second-order valence-corrected chi connectivity index (χ2v) is 7.06. The minimum atomic E-state index is -0.511. The van der Waals surface area contributed by atoms with Crippen LogP contribution in [-0.4, -0.2) is 11.2 Å². The van der Waals surface area contributed by atoms with Crippen LogP contribution < -0.4 is 0 Å². The molecule has 0 bridgehead atoms. The highest BCUT2D eigenvalue weighted by Gasteiger charge is 2.24. The highest BCUT2D eigenvalue weighted by atomic mass is 15.4. The van der Waals surface area contributed by atoms with E-state index in [2.05, 4.69) is 56.7 Å². The van der Waals surface area contributed by atoms with E-state index in [-0.39, 0.29) is 5.41 Å². The van der Waals surface area contributed by atoms with Gasteiger partial charge in [0.1, 0.15) is 0 Å². The number of hydrogen-bond donors (Lipinski definition) is 0. The van der Waals surface area contributed by atoms with E-state index in [4.69, 9.17) is 0 Å². The van der Waals surface area contributed by atoms with Gasteiger partial charge in [0, 0.05) is 12.4 Å². The van der Waals surface area contributed by atoms with E-state index in [1.807, 2.05) is 20.8 Å². The van der Waals surface area contributed by atoms with Crippen molar-refractivity contribution < 1.29 is 0 Å². The van der Waals surface area contributed by atoms with Gasteiger partial charge in [0.15, 0.2) is 0 Å². The predicted octanol–water partition coefficient (Wildman–Crippen LogP) is 4.74. The van der Waals surface area contributed by atoms with Gasteiger partial charge in [-0.2, -0.15) is 10.4 Å². The third-order valence-corrected chi connectivity index (χ3v) is 3.68. The van der Waals surface area contributed by atoms with Crippen molar-refractivity contribution >= 4 is 6.21 Å². The molecule has 0 atom stereocenters. The number of hydrazone groups is 1. The number of hydrogen-bond acceptors (Lipinski definition) is 3. The van der Waals surface area contributed by atoms with Crippen LogP contribution in [0.5, 0.6) is 0 Å². The van der Waals surface area contributed by atoms with Gasteiger partial charge >= 0.3 is 0 Å². The largest absolute Gasteiger partial charge is 0.269 e. The fourth-order valence-corrected chi connectivity index (χ4v) is 2.13. The maximum atomic E-state index is 9.44. The van der Waals surface area contributed by atoms with E-state index in [0.717, 1.165) is 11.1 Å². The van der Waals surface area contributed by atoms with Crippen LogP contribution in [0.25, 0.3) is 0 Å². The highest BCUT2D eigenvalue weighted by molar-refractivity contribution is 5.52. The molecule has 0 aliphatic carbocycles.